The monoisotopic (exact) mass is 510 g/mol. The molecule has 8 nitrogen and oxygen atoms in total. The van der Waals surface area contributed by atoms with E-state index in [0.717, 1.165) is 32.4 Å². The van der Waals surface area contributed by atoms with Gasteiger partial charge in [-0.2, -0.15) is 0 Å². The third-order valence-corrected chi connectivity index (χ3v) is 5.98. The first-order valence-electron chi connectivity index (χ1n) is 11.1. The minimum Gasteiger partial charge on any atom is -0.457 e. The molecule has 1 fully saturated rings. The van der Waals surface area contributed by atoms with Gasteiger partial charge in [-0.15, -0.1) is 0 Å². The SMILES string of the molecule is O=C(NC(=S)Nc1ccc(Oc2ccc(Cl)cc2)cc1)c1ccc(N2CCCCC2)c([N+](=O)[O-])c1. The van der Waals surface area contributed by atoms with Crippen LogP contribution in [0.25, 0.3) is 0 Å². The average Bonchev–Trinajstić information content (AvgIpc) is 2.86. The van der Waals surface area contributed by atoms with E-state index in [-0.39, 0.29) is 16.4 Å². The highest BCUT2D eigenvalue weighted by Gasteiger charge is 2.23. The van der Waals surface area contributed by atoms with Gasteiger partial charge in [0.15, 0.2) is 5.11 Å². The Kier molecular flexibility index (Phi) is 7.79. The van der Waals surface area contributed by atoms with Crippen LogP contribution >= 0.6 is 23.8 Å². The molecule has 1 aliphatic heterocycles. The van der Waals surface area contributed by atoms with Gasteiger partial charge in [-0.3, -0.25) is 20.2 Å². The summed E-state index contributed by atoms with van der Waals surface area (Å²) in [6.45, 7) is 1.54. The normalized spacial score (nSPS) is 13.1. The van der Waals surface area contributed by atoms with Crippen LogP contribution < -0.4 is 20.3 Å². The zero-order chi connectivity index (χ0) is 24.8. The van der Waals surface area contributed by atoms with Crippen LogP contribution in [0.15, 0.2) is 66.7 Å². The number of halogens is 1. The number of piperidine rings is 1. The highest BCUT2D eigenvalue weighted by molar-refractivity contribution is 7.80. The zero-order valence-corrected chi connectivity index (χ0v) is 20.3. The number of ether oxygens (including phenoxy) is 1. The summed E-state index contributed by atoms with van der Waals surface area (Å²) >= 11 is 11.1. The van der Waals surface area contributed by atoms with Crippen LogP contribution in [-0.2, 0) is 0 Å². The minimum atomic E-state index is -0.529. The molecule has 35 heavy (non-hydrogen) atoms. The molecule has 1 heterocycles. The molecule has 0 atom stereocenters. The van der Waals surface area contributed by atoms with Gasteiger partial charge in [0.25, 0.3) is 11.6 Å². The van der Waals surface area contributed by atoms with Crippen molar-refractivity contribution in [2.45, 2.75) is 19.3 Å². The number of nitrogens with zero attached hydrogens (tertiary/aromatic N) is 2. The Bertz CT molecular complexity index is 1230. The number of anilines is 2. The topological polar surface area (TPSA) is 96.7 Å². The first kappa shape index (κ1) is 24.4. The van der Waals surface area contributed by atoms with E-state index in [0.29, 0.717) is 27.9 Å². The second-order valence-electron chi connectivity index (χ2n) is 8.00. The molecule has 0 saturated carbocycles. The van der Waals surface area contributed by atoms with Crippen LogP contribution in [0.3, 0.4) is 0 Å². The molecule has 0 spiro atoms. The van der Waals surface area contributed by atoms with E-state index in [2.05, 4.69) is 10.6 Å². The van der Waals surface area contributed by atoms with Crippen molar-refractivity contribution in [1.82, 2.24) is 5.32 Å². The molecule has 0 aromatic heterocycles. The number of carbonyl (C=O) groups excluding carboxylic acids is 1. The Morgan fingerprint density at radius 3 is 2.23 bits per heavy atom. The van der Waals surface area contributed by atoms with E-state index in [1.165, 1.54) is 6.07 Å². The van der Waals surface area contributed by atoms with Crippen LogP contribution in [0, 0.1) is 10.1 Å². The number of hydrogen-bond acceptors (Lipinski definition) is 6. The fourth-order valence-electron chi connectivity index (χ4n) is 3.80. The molecule has 3 aromatic rings. The van der Waals surface area contributed by atoms with E-state index in [9.17, 15) is 14.9 Å². The molecule has 10 heteroatoms. The van der Waals surface area contributed by atoms with E-state index in [1.54, 1.807) is 60.7 Å². The number of benzene rings is 3. The number of carbonyl (C=O) groups is 1. The van der Waals surface area contributed by atoms with E-state index in [4.69, 9.17) is 28.6 Å². The number of rotatable bonds is 6. The summed E-state index contributed by atoms with van der Waals surface area (Å²) < 4.78 is 5.75. The van der Waals surface area contributed by atoms with Crippen molar-refractivity contribution in [3.8, 4) is 11.5 Å². The number of hydrogen-bond donors (Lipinski definition) is 2. The smallest absolute Gasteiger partial charge is 0.293 e. The summed E-state index contributed by atoms with van der Waals surface area (Å²) in [6, 6.07) is 18.5. The van der Waals surface area contributed by atoms with Gasteiger partial charge in [-0.25, -0.2) is 0 Å². The maximum Gasteiger partial charge on any atom is 0.293 e. The lowest BCUT2D eigenvalue weighted by Crippen LogP contribution is -2.34. The maximum atomic E-state index is 12.7. The molecule has 0 radical (unpaired) electrons. The van der Waals surface area contributed by atoms with E-state index >= 15 is 0 Å². The molecule has 1 amide bonds. The molecule has 1 saturated heterocycles. The third kappa shape index (κ3) is 6.46. The molecular formula is C25H23ClN4O4S. The predicted molar refractivity (Wildman–Crippen MR) is 141 cm³/mol. The molecule has 0 aliphatic carbocycles. The number of amides is 1. The Morgan fingerprint density at radius 2 is 1.60 bits per heavy atom. The largest absolute Gasteiger partial charge is 0.457 e. The van der Waals surface area contributed by atoms with Crippen molar-refractivity contribution < 1.29 is 14.5 Å². The number of thiocarbonyl (C=S) groups is 1. The molecule has 1 aliphatic rings. The van der Waals surface area contributed by atoms with Gasteiger partial charge in [-0.1, -0.05) is 11.6 Å². The van der Waals surface area contributed by atoms with Gasteiger partial charge in [0.2, 0.25) is 0 Å². The lowest BCUT2D eigenvalue weighted by molar-refractivity contribution is -0.384. The van der Waals surface area contributed by atoms with Crippen molar-refractivity contribution in [1.29, 1.82) is 0 Å². The lowest BCUT2D eigenvalue weighted by Gasteiger charge is -2.28. The van der Waals surface area contributed by atoms with Crippen LogP contribution in [0.4, 0.5) is 17.1 Å². The molecular weight excluding hydrogens is 488 g/mol. The van der Waals surface area contributed by atoms with Crippen molar-refractivity contribution in [3.05, 3.63) is 87.4 Å². The van der Waals surface area contributed by atoms with Crippen molar-refractivity contribution >= 4 is 51.9 Å². The predicted octanol–water partition coefficient (Wildman–Crippen LogP) is 6.16. The zero-order valence-electron chi connectivity index (χ0n) is 18.7. The van der Waals surface area contributed by atoms with Gasteiger partial charge in [0.05, 0.1) is 4.92 Å². The fourth-order valence-corrected chi connectivity index (χ4v) is 4.13. The Labute approximate surface area is 213 Å². The highest BCUT2D eigenvalue weighted by atomic mass is 35.5. The second kappa shape index (κ2) is 11.2. The first-order chi connectivity index (χ1) is 16.9. The Hall–Kier alpha value is -3.69. The minimum absolute atomic E-state index is 0.0733. The second-order valence-corrected chi connectivity index (χ2v) is 8.84. The van der Waals surface area contributed by atoms with Gasteiger partial charge in [0.1, 0.15) is 17.2 Å². The van der Waals surface area contributed by atoms with Gasteiger partial charge in [-0.05, 0) is 92.1 Å². The molecule has 3 aromatic carbocycles. The first-order valence-corrected chi connectivity index (χ1v) is 11.9. The van der Waals surface area contributed by atoms with Gasteiger partial charge >= 0.3 is 0 Å². The van der Waals surface area contributed by atoms with E-state index < -0.39 is 10.8 Å². The summed E-state index contributed by atoms with van der Waals surface area (Å²) in [5.74, 6) is 0.741. The third-order valence-electron chi connectivity index (χ3n) is 5.52. The van der Waals surface area contributed by atoms with Crippen molar-refractivity contribution in [3.63, 3.8) is 0 Å². The van der Waals surface area contributed by atoms with Crippen molar-refractivity contribution in [2.24, 2.45) is 0 Å². The van der Waals surface area contributed by atoms with Crippen LogP contribution in [0.5, 0.6) is 11.5 Å². The number of nitro benzene ring substituents is 1. The summed E-state index contributed by atoms with van der Waals surface area (Å²) in [6.07, 6.45) is 3.11. The Balaban J connectivity index is 1.37. The number of nitro groups is 1. The van der Waals surface area contributed by atoms with E-state index in [1.807, 2.05) is 4.90 Å². The van der Waals surface area contributed by atoms with Gasteiger partial charge in [0, 0.05) is 35.4 Å². The number of nitrogens with one attached hydrogen (secondary N) is 2. The standard InChI is InChI=1S/C25H23ClN4O4S/c26-18-5-9-20(10-6-18)34-21-11-7-19(8-12-21)27-25(35)28-24(31)17-4-13-22(23(16-17)30(32)33)29-14-2-1-3-15-29/h4-13,16H,1-3,14-15H2,(H2,27,28,31,35). The van der Waals surface area contributed by atoms with Gasteiger partial charge < -0.3 is 15.0 Å². The Morgan fingerprint density at radius 1 is 0.971 bits per heavy atom. The van der Waals surface area contributed by atoms with Crippen molar-refractivity contribution in [2.75, 3.05) is 23.3 Å². The average molecular weight is 511 g/mol. The fraction of sp³-hybridized carbons (Fsp3) is 0.200. The summed E-state index contributed by atoms with van der Waals surface area (Å²) in [5, 5.41) is 17.8. The van der Waals surface area contributed by atoms with Crippen LogP contribution in [0.1, 0.15) is 29.6 Å². The molecule has 0 bridgehead atoms. The molecule has 2 N–H and O–H groups in total. The summed E-state index contributed by atoms with van der Waals surface area (Å²) in [5.41, 5.74) is 1.25. The molecule has 0 unspecified atom stereocenters. The maximum absolute atomic E-state index is 12.7. The lowest BCUT2D eigenvalue weighted by atomic mass is 10.1. The summed E-state index contributed by atoms with van der Waals surface area (Å²) in [7, 11) is 0. The highest BCUT2D eigenvalue weighted by Crippen LogP contribution is 2.31. The van der Waals surface area contributed by atoms with Crippen LogP contribution in [-0.4, -0.2) is 29.0 Å². The summed E-state index contributed by atoms with van der Waals surface area (Å²) in [4.78, 5) is 25.9. The van der Waals surface area contributed by atoms with Crippen LogP contribution in [0.2, 0.25) is 5.02 Å². The quantitative estimate of drug-likeness (QED) is 0.233. The molecule has 180 valence electrons. The molecule has 4 rings (SSSR count).